The van der Waals surface area contributed by atoms with Gasteiger partial charge >= 0.3 is 0 Å². The van der Waals surface area contributed by atoms with E-state index in [9.17, 15) is 0 Å². The molecule has 0 heteroatoms. The summed E-state index contributed by atoms with van der Waals surface area (Å²) in [6.45, 7) is 17.5. The zero-order valence-electron chi connectivity index (χ0n) is 21.2. The highest BCUT2D eigenvalue weighted by atomic mass is 14.6. The molecule has 0 radical (unpaired) electrons. The number of allylic oxidation sites excluding steroid dienone is 4. The lowest BCUT2D eigenvalue weighted by atomic mass is 9.46. The third-order valence-electron chi connectivity index (χ3n) is 11.0. The average Bonchev–Trinajstić information content (AvgIpc) is 3.06. The fraction of sp³-hybridized carbons (Fsp3) is 0.867. The first kappa shape index (κ1) is 22.7. The molecular formula is C30H50. The highest BCUT2D eigenvalue weighted by Gasteiger charge is 2.58. The van der Waals surface area contributed by atoms with Crippen molar-refractivity contribution in [2.75, 3.05) is 0 Å². The van der Waals surface area contributed by atoms with Crippen LogP contribution in [-0.2, 0) is 0 Å². The van der Waals surface area contributed by atoms with Gasteiger partial charge in [-0.15, -0.1) is 0 Å². The predicted octanol–water partition coefficient (Wildman–Crippen LogP) is 9.08. The minimum Gasteiger partial charge on any atom is -0.0851 e. The van der Waals surface area contributed by atoms with Crippen molar-refractivity contribution < 1.29 is 0 Å². The smallest absolute Gasteiger partial charge is 0.00851 e. The molecule has 3 saturated carbocycles. The number of fused-ring (bicyclic) bond motifs is 5. The maximum atomic E-state index is 2.74. The van der Waals surface area contributed by atoms with Crippen LogP contribution in [0.25, 0.3) is 0 Å². The predicted molar refractivity (Wildman–Crippen MR) is 131 cm³/mol. The van der Waals surface area contributed by atoms with Crippen molar-refractivity contribution in [2.45, 2.75) is 106 Å². The SMILES string of the molecule is CCC(/C=C/C(C)C1CCC2C3CC=C4CC(C)CCC4(C)C3CCC12C)C(C)C. The number of hydrogen-bond donors (Lipinski definition) is 0. The lowest BCUT2D eigenvalue weighted by molar-refractivity contribution is -0.0486. The summed E-state index contributed by atoms with van der Waals surface area (Å²) >= 11 is 0. The van der Waals surface area contributed by atoms with Gasteiger partial charge < -0.3 is 0 Å². The molecule has 0 aromatic heterocycles. The first-order valence-electron chi connectivity index (χ1n) is 13.6. The quantitative estimate of drug-likeness (QED) is 0.396. The van der Waals surface area contributed by atoms with Crippen LogP contribution in [0.5, 0.6) is 0 Å². The van der Waals surface area contributed by atoms with Crippen LogP contribution in [0.15, 0.2) is 23.8 Å². The van der Waals surface area contributed by atoms with Crippen molar-refractivity contribution in [1.82, 2.24) is 0 Å². The zero-order valence-corrected chi connectivity index (χ0v) is 21.2. The van der Waals surface area contributed by atoms with E-state index in [0.717, 1.165) is 47.3 Å². The van der Waals surface area contributed by atoms with E-state index >= 15 is 0 Å². The Morgan fingerprint density at radius 1 is 1.00 bits per heavy atom. The Labute approximate surface area is 188 Å². The molecule has 0 amide bonds. The largest absolute Gasteiger partial charge is 0.0851 e. The van der Waals surface area contributed by atoms with Crippen molar-refractivity contribution in [1.29, 1.82) is 0 Å². The van der Waals surface area contributed by atoms with Crippen LogP contribution in [0.1, 0.15) is 106 Å². The first-order valence-corrected chi connectivity index (χ1v) is 13.6. The van der Waals surface area contributed by atoms with Crippen LogP contribution < -0.4 is 0 Å². The fourth-order valence-corrected chi connectivity index (χ4v) is 9.03. The van der Waals surface area contributed by atoms with Gasteiger partial charge in [0, 0.05) is 0 Å². The Morgan fingerprint density at radius 2 is 1.77 bits per heavy atom. The van der Waals surface area contributed by atoms with Crippen molar-refractivity contribution in [3.05, 3.63) is 23.8 Å². The molecule has 9 atom stereocenters. The molecule has 0 N–H and O–H groups in total. The van der Waals surface area contributed by atoms with Crippen molar-refractivity contribution in [2.24, 2.45) is 58.2 Å². The van der Waals surface area contributed by atoms with E-state index in [4.69, 9.17) is 0 Å². The van der Waals surface area contributed by atoms with Crippen LogP contribution in [0, 0.1) is 58.2 Å². The molecule has 3 fully saturated rings. The second-order valence-electron chi connectivity index (χ2n) is 12.9. The summed E-state index contributed by atoms with van der Waals surface area (Å²) in [5, 5.41) is 0. The zero-order chi connectivity index (χ0) is 21.7. The molecule has 30 heavy (non-hydrogen) atoms. The maximum Gasteiger partial charge on any atom is -0.00851 e. The number of rotatable bonds is 5. The van der Waals surface area contributed by atoms with Gasteiger partial charge in [-0.25, -0.2) is 0 Å². The van der Waals surface area contributed by atoms with Gasteiger partial charge in [-0.3, -0.25) is 0 Å². The molecule has 0 nitrogen and oxygen atoms in total. The summed E-state index contributed by atoms with van der Waals surface area (Å²) in [7, 11) is 0. The van der Waals surface area contributed by atoms with Crippen LogP contribution in [0.4, 0.5) is 0 Å². The first-order chi connectivity index (χ1) is 14.2. The highest BCUT2D eigenvalue weighted by molar-refractivity contribution is 5.25. The standard InChI is InChI=1S/C30H50/c1-8-23(20(2)3)10-9-22(5)26-13-14-27-25-12-11-24-19-21(4)15-17-29(24,6)28(25)16-18-30(26,27)7/h9-11,20-23,25-28H,8,12-19H2,1-7H3/b10-9+. The van der Waals surface area contributed by atoms with Gasteiger partial charge in [-0.1, -0.05) is 72.3 Å². The molecule has 4 aliphatic carbocycles. The molecule has 0 saturated heterocycles. The molecule has 0 aliphatic heterocycles. The Balaban J connectivity index is 1.52. The van der Waals surface area contributed by atoms with Crippen molar-refractivity contribution in [3.8, 4) is 0 Å². The molecule has 0 spiro atoms. The average molecular weight is 411 g/mol. The normalized spacial score (nSPS) is 45.6. The van der Waals surface area contributed by atoms with E-state index < -0.39 is 0 Å². The van der Waals surface area contributed by atoms with Gasteiger partial charge in [0.2, 0.25) is 0 Å². The van der Waals surface area contributed by atoms with E-state index in [2.05, 4.69) is 66.7 Å². The van der Waals surface area contributed by atoms with Gasteiger partial charge in [-0.05, 0) is 116 Å². The molecule has 4 rings (SSSR count). The third-order valence-corrected chi connectivity index (χ3v) is 11.0. The van der Waals surface area contributed by atoms with Crippen molar-refractivity contribution >= 4 is 0 Å². The molecule has 170 valence electrons. The topological polar surface area (TPSA) is 0 Å². The molecule has 0 bridgehead atoms. The van der Waals surface area contributed by atoms with Gasteiger partial charge in [0.15, 0.2) is 0 Å². The van der Waals surface area contributed by atoms with Crippen LogP contribution in [-0.4, -0.2) is 0 Å². The molecule has 9 unspecified atom stereocenters. The molecule has 4 aliphatic rings. The molecule has 0 aromatic carbocycles. The minimum absolute atomic E-state index is 0.534. The van der Waals surface area contributed by atoms with Crippen molar-refractivity contribution in [3.63, 3.8) is 0 Å². The van der Waals surface area contributed by atoms with Gasteiger partial charge in [0.25, 0.3) is 0 Å². The number of hydrogen-bond acceptors (Lipinski definition) is 0. The Bertz CT molecular complexity index is 668. The molecule has 0 aromatic rings. The minimum atomic E-state index is 0.534. The van der Waals surface area contributed by atoms with Gasteiger partial charge in [0.1, 0.15) is 0 Å². The summed E-state index contributed by atoms with van der Waals surface area (Å²) < 4.78 is 0. The van der Waals surface area contributed by atoms with Crippen LogP contribution >= 0.6 is 0 Å². The second kappa shape index (κ2) is 8.44. The highest BCUT2D eigenvalue weighted by Crippen LogP contribution is 2.67. The summed E-state index contributed by atoms with van der Waals surface area (Å²) in [5.41, 5.74) is 2.97. The lowest BCUT2D eigenvalue weighted by Gasteiger charge is -2.58. The van der Waals surface area contributed by atoms with Crippen LogP contribution in [0.2, 0.25) is 0 Å². The monoisotopic (exact) mass is 410 g/mol. The fourth-order valence-electron chi connectivity index (χ4n) is 9.03. The summed E-state index contributed by atoms with van der Waals surface area (Å²) in [5.74, 6) is 6.98. The molecular weight excluding hydrogens is 360 g/mol. The van der Waals surface area contributed by atoms with E-state index in [1.54, 1.807) is 0 Å². The Kier molecular flexibility index (Phi) is 6.38. The van der Waals surface area contributed by atoms with E-state index in [1.165, 1.54) is 57.8 Å². The Hall–Kier alpha value is -0.520. The Morgan fingerprint density at radius 3 is 2.47 bits per heavy atom. The van der Waals surface area contributed by atoms with E-state index in [-0.39, 0.29) is 0 Å². The summed E-state index contributed by atoms with van der Waals surface area (Å²) in [4.78, 5) is 0. The summed E-state index contributed by atoms with van der Waals surface area (Å²) in [6, 6.07) is 0. The van der Waals surface area contributed by atoms with E-state index in [0.29, 0.717) is 10.8 Å². The van der Waals surface area contributed by atoms with Gasteiger partial charge in [0.05, 0.1) is 0 Å². The molecule has 0 heterocycles. The van der Waals surface area contributed by atoms with E-state index in [1.807, 2.05) is 5.57 Å². The maximum absolute atomic E-state index is 2.74. The lowest BCUT2D eigenvalue weighted by Crippen LogP contribution is -2.50. The third kappa shape index (κ3) is 3.67. The summed E-state index contributed by atoms with van der Waals surface area (Å²) in [6.07, 6.45) is 20.9. The van der Waals surface area contributed by atoms with Gasteiger partial charge in [-0.2, -0.15) is 0 Å². The second-order valence-corrected chi connectivity index (χ2v) is 12.9. The van der Waals surface area contributed by atoms with Crippen LogP contribution in [0.3, 0.4) is 0 Å².